The van der Waals surface area contributed by atoms with Gasteiger partial charge in [-0.3, -0.25) is 0 Å². The number of halogens is 6. The fourth-order valence-electron chi connectivity index (χ4n) is 4.70. The van der Waals surface area contributed by atoms with Crippen LogP contribution in [-0.2, 0) is 18.9 Å². The molecule has 4 rings (SSSR count). The van der Waals surface area contributed by atoms with E-state index in [9.17, 15) is 26.3 Å². The summed E-state index contributed by atoms with van der Waals surface area (Å²) in [6, 6.07) is 0.425. The van der Waals surface area contributed by atoms with Crippen molar-refractivity contribution in [3.05, 3.63) is 34.9 Å². The Morgan fingerprint density at radius 2 is 1.08 bits per heavy atom. The molecule has 0 aliphatic carbocycles. The largest absolute Gasteiger partial charge is 0.416 e. The van der Waals surface area contributed by atoms with E-state index in [0.717, 1.165) is 0 Å². The van der Waals surface area contributed by atoms with E-state index < -0.39 is 30.0 Å². The van der Waals surface area contributed by atoms with Crippen LogP contribution in [0.3, 0.4) is 0 Å². The lowest BCUT2D eigenvalue weighted by Gasteiger charge is -2.37. The molecule has 1 aromatic heterocycles. The van der Waals surface area contributed by atoms with E-state index >= 15 is 0 Å². The van der Waals surface area contributed by atoms with Crippen molar-refractivity contribution in [2.45, 2.75) is 55.9 Å². The van der Waals surface area contributed by atoms with E-state index in [4.69, 9.17) is 22.9 Å². The van der Waals surface area contributed by atoms with Crippen LogP contribution >= 0.6 is 0 Å². The fourth-order valence-corrected chi connectivity index (χ4v) is 4.70. The van der Waals surface area contributed by atoms with Gasteiger partial charge in [-0.05, 0) is 36.6 Å². The highest BCUT2D eigenvalue weighted by atomic mass is 19.4. The summed E-state index contributed by atoms with van der Waals surface area (Å²) in [6.07, 6.45) is -8.71. The highest BCUT2D eigenvalue weighted by molar-refractivity contribution is 5.47. The van der Waals surface area contributed by atoms with Crippen molar-refractivity contribution in [3.8, 4) is 0 Å². The van der Waals surface area contributed by atoms with E-state index in [1.54, 1.807) is 9.80 Å². The summed E-state index contributed by atoms with van der Waals surface area (Å²) in [5.74, 6) is 0.392. The Labute approximate surface area is 214 Å². The Morgan fingerprint density at radius 3 is 1.45 bits per heavy atom. The number of nitrogens with one attached hydrogen (secondary N) is 1. The third-order valence-corrected chi connectivity index (χ3v) is 6.31. The number of alkyl halides is 6. The second-order valence-electron chi connectivity index (χ2n) is 9.85. The van der Waals surface area contributed by atoms with E-state index in [0.29, 0.717) is 51.2 Å². The van der Waals surface area contributed by atoms with Crippen LogP contribution in [-0.4, -0.2) is 65.3 Å². The number of nitrogens with two attached hydrogens (primary N) is 4. The Kier molecular flexibility index (Phi) is 7.88. The molecule has 10 nitrogen and oxygen atoms in total. The number of hydrogen-bond acceptors (Lipinski definition) is 10. The van der Waals surface area contributed by atoms with Gasteiger partial charge < -0.3 is 38.1 Å². The predicted octanol–water partition coefficient (Wildman–Crippen LogP) is 1.25. The summed E-state index contributed by atoms with van der Waals surface area (Å²) in [6.45, 7) is 1.20. The molecule has 2 aliphatic rings. The highest BCUT2D eigenvalue weighted by Crippen LogP contribution is 2.36. The van der Waals surface area contributed by atoms with Crippen molar-refractivity contribution >= 4 is 17.8 Å². The Hall–Kier alpha value is -2.95. The average Bonchev–Trinajstić information content (AvgIpc) is 2.80. The molecular formula is C22H30F6N10. The molecule has 0 saturated carbocycles. The number of hydrogen-bond donors (Lipinski definition) is 5. The molecule has 2 aromatic rings. The van der Waals surface area contributed by atoms with Gasteiger partial charge in [-0.15, -0.1) is 0 Å². The first kappa shape index (κ1) is 28.1. The van der Waals surface area contributed by atoms with Crippen LogP contribution in [0.1, 0.15) is 29.5 Å². The van der Waals surface area contributed by atoms with Crippen LogP contribution in [0.4, 0.5) is 44.2 Å². The van der Waals surface area contributed by atoms with Crippen molar-refractivity contribution in [2.75, 3.05) is 41.3 Å². The van der Waals surface area contributed by atoms with Gasteiger partial charge in [0.1, 0.15) is 0 Å². The van der Waals surface area contributed by atoms with E-state index in [1.165, 1.54) is 0 Å². The summed E-state index contributed by atoms with van der Waals surface area (Å²) < 4.78 is 79.6. The maximum Gasteiger partial charge on any atom is 0.416 e. The monoisotopic (exact) mass is 548 g/mol. The van der Waals surface area contributed by atoms with Crippen molar-refractivity contribution in [3.63, 3.8) is 0 Å². The molecule has 2 aliphatic heterocycles. The van der Waals surface area contributed by atoms with Gasteiger partial charge in [0.15, 0.2) is 0 Å². The van der Waals surface area contributed by atoms with Crippen LogP contribution in [0.5, 0.6) is 0 Å². The standard InChI is InChI=1S/C22H30F6N10/c23-21(24,25)12-1-11(2-13(3-12)22(26,27)28)6-33-18-34-19(37-7-14(29)4-15(30)8-37)36-20(35-18)38-9-16(31)5-17(32)10-38/h1-3,14-17H,4-10,29-32H2,(H,33,34,35,36)/t14-,15+,16-,17+. The predicted molar refractivity (Wildman–Crippen MR) is 129 cm³/mol. The van der Waals surface area contributed by atoms with Crippen molar-refractivity contribution in [1.82, 2.24) is 15.0 Å². The quantitative estimate of drug-likeness (QED) is 0.344. The molecule has 0 spiro atoms. The zero-order valence-electron chi connectivity index (χ0n) is 20.3. The third-order valence-electron chi connectivity index (χ3n) is 6.31. The Morgan fingerprint density at radius 1 is 0.684 bits per heavy atom. The molecule has 9 N–H and O–H groups in total. The summed E-state index contributed by atoms with van der Waals surface area (Å²) in [4.78, 5) is 16.8. The van der Waals surface area contributed by atoms with E-state index in [-0.39, 0.29) is 53.6 Å². The smallest absolute Gasteiger partial charge is 0.350 e. The second-order valence-corrected chi connectivity index (χ2v) is 9.85. The lowest BCUT2D eigenvalue weighted by atomic mass is 10.0. The normalized spacial score (nSPS) is 25.0. The zero-order chi connectivity index (χ0) is 27.8. The molecular weight excluding hydrogens is 518 g/mol. The van der Waals surface area contributed by atoms with E-state index in [2.05, 4.69) is 20.3 Å². The average molecular weight is 549 g/mol. The summed E-state index contributed by atoms with van der Waals surface area (Å²) in [5.41, 5.74) is 21.4. The molecule has 210 valence electrons. The maximum absolute atomic E-state index is 13.3. The molecule has 2 fully saturated rings. The van der Waals surface area contributed by atoms with Crippen molar-refractivity contribution < 1.29 is 26.3 Å². The lowest BCUT2D eigenvalue weighted by Crippen LogP contribution is -2.54. The first-order chi connectivity index (χ1) is 17.7. The molecule has 16 heteroatoms. The van der Waals surface area contributed by atoms with Gasteiger partial charge in [-0.2, -0.15) is 41.3 Å². The van der Waals surface area contributed by atoms with Crippen molar-refractivity contribution in [2.24, 2.45) is 22.9 Å². The van der Waals surface area contributed by atoms with Gasteiger partial charge in [0.25, 0.3) is 0 Å². The molecule has 3 heterocycles. The summed E-state index contributed by atoms with van der Waals surface area (Å²) in [7, 11) is 0. The molecule has 2 saturated heterocycles. The van der Waals surface area contributed by atoms with Crippen LogP contribution in [0.15, 0.2) is 18.2 Å². The minimum Gasteiger partial charge on any atom is -0.350 e. The highest BCUT2D eigenvalue weighted by Gasteiger charge is 2.37. The van der Waals surface area contributed by atoms with Crippen LogP contribution in [0, 0.1) is 0 Å². The van der Waals surface area contributed by atoms with Gasteiger partial charge in [-0.1, -0.05) is 0 Å². The minimum atomic E-state index is -4.96. The maximum atomic E-state index is 13.3. The number of aromatic nitrogens is 3. The van der Waals surface area contributed by atoms with Crippen LogP contribution < -0.4 is 38.1 Å². The summed E-state index contributed by atoms with van der Waals surface area (Å²) >= 11 is 0. The number of benzene rings is 1. The van der Waals surface area contributed by atoms with Crippen LogP contribution in [0.2, 0.25) is 0 Å². The number of nitrogens with zero attached hydrogens (tertiary/aromatic N) is 5. The molecule has 1 aromatic carbocycles. The summed E-state index contributed by atoms with van der Waals surface area (Å²) in [5, 5.41) is 2.75. The molecule has 0 bridgehead atoms. The topological polar surface area (TPSA) is 161 Å². The van der Waals surface area contributed by atoms with Gasteiger partial charge in [0, 0.05) is 56.9 Å². The van der Waals surface area contributed by atoms with E-state index in [1.807, 2.05) is 0 Å². The fraction of sp³-hybridized carbons (Fsp3) is 0.591. The van der Waals surface area contributed by atoms with Crippen molar-refractivity contribution in [1.29, 1.82) is 0 Å². The third kappa shape index (κ3) is 6.92. The molecule has 0 unspecified atom stereocenters. The van der Waals surface area contributed by atoms with Gasteiger partial charge in [0.05, 0.1) is 11.1 Å². The van der Waals surface area contributed by atoms with Crippen LogP contribution in [0.25, 0.3) is 0 Å². The second kappa shape index (κ2) is 10.7. The Bertz CT molecular complexity index is 1030. The molecule has 0 amide bonds. The SMILES string of the molecule is N[C@@H]1C[C@H](N)CN(c2nc(NCc3cc(C(F)(F)F)cc(C(F)(F)F)c3)nc(N3C[C@H](N)C[C@H](N)C3)n2)C1. The van der Waals surface area contributed by atoms with Gasteiger partial charge in [0.2, 0.25) is 17.8 Å². The number of rotatable bonds is 5. The number of anilines is 3. The Balaban J connectivity index is 1.66. The first-order valence-corrected chi connectivity index (χ1v) is 12.0. The zero-order valence-corrected chi connectivity index (χ0v) is 20.3. The molecule has 4 atom stereocenters. The lowest BCUT2D eigenvalue weighted by molar-refractivity contribution is -0.143. The first-order valence-electron chi connectivity index (χ1n) is 12.0. The molecule has 0 radical (unpaired) electrons. The molecule has 38 heavy (non-hydrogen) atoms. The van der Waals surface area contributed by atoms with Gasteiger partial charge in [-0.25, -0.2) is 0 Å². The van der Waals surface area contributed by atoms with Gasteiger partial charge >= 0.3 is 12.4 Å². The minimum absolute atomic E-state index is 0.0450. The number of piperidine rings is 2.